The predicted octanol–water partition coefficient (Wildman–Crippen LogP) is 1.42. The molecule has 1 amide bonds. The molecule has 22 heavy (non-hydrogen) atoms. The first-order valence-corrected chi connectivity index (χ1v) is 8.07. The molecule has 3 rings (SSSR count). The van der Waals surface area contributed by atoms with E-state index in [0.29, 0.717) is 18.9 Å². The monoisotopic (exact) mass is 363 g/mol. The maximum Gasteiger partial charge on any atom is 0.245 e. The molecule has 1 aliphatic heterocycles. The highest BCUT2D eigenvalue weighted by Gasteiger charge is 2.31. The van der Waals surface area contributed by atoms with Gasteiger partial charge in [0.1, 0.15) is 11.9 Å². The molecule has 2 heterocycles. The van der Waals surface area contributed by atoms with Gasteiger partial charge in [0.2, 0.25) is 5.91 Å². The minimum Gasteiger partial charge on any atom is -0.309 e. The van der Waals surface area contributed by atoms with Crippen molar-refractivity contribution in [1.82, 2.24) is 20.6 Å². The fourth-order valence-electron chi connectivity index (χ4n) is 2.43. The third-order valence-electron chi connectivity index (χ3n) is 3.53. The summed E-state index contributed by atoms with van der Waals surface area (Å²) in [7, 11) is 0. The Bertz CT molecular complexity index is 657. The maximum absolute atomic E-state index is 12.4. The van der Waals surface area contributed by atoms with Crippen molar-refractivity contribution in [2.45, 2.75) is 24.3 Å². The molecule has 1 fully saturated rings. The number of anilines is 1. The van der Waals surface area contributed by atoms with Crippen molar-refractivity contribution in [3.63, 3.8) is 0 Å². The number of aryl methyl sites for hydroxylation is 1. The Morgan fingerprint density at radius 1 is 1.45 bits per heavy atom. The molecule has 1 saturated heterocycles. The summed E-state index contributed by atoms with van der Waals surface area (Å²) < 4.78 is 1.81. The maximum atomic E-state index is 12.4. The number of benzene rings is 1. The van der Waals surface area contributed by atoms with E-state index < -0.39 is 0 Å². The summed E-state index contributed by atoms with van der Waals surface area (Å²) in [6.45, 7) is 3.25. The summed E-state index contributed by atoms with van der Waals surface area (Å²) in [5, 5.41) is 7.41. The molecule has 3 N–H and O–H groups in total. The first-order valence-electron chi connectivity index (χ1n) is 7.15. The molecule has 0 radical (unpaired) electrons. The Balaban J connectivity index is 1.75. The van der Waals surface area contributed by atoms with E-state index in [-0.39, 0.29) is 16.8 Å². The molecule has 0 aliphatic carbocycles. The number of halogens is 1. The summed E-state index contributed by atoms with van der Waals surface area (Å²) in [6.07, 6.45) is 0. The zero-order valence-corrected chi connectivity index (χ0v) is 13.8. The van der Waals surface area contributed by atoms with Gasteiger partial charge in [-0.2, -0.15) is 5.10 Å². The molecule has 2 unspecified atom stereocenters. The number of nitrogens with one attached hydrogen (secondary N) is 3. The van der Waals surface area contributed by atoms with Gasteiger partial charge in [0.25, 0.3) is 0 Å². The van der Waals surface area contributed by atoms with Gasteiger partial charge in [-0.25, -0.2) is 10.1 Å². The molecular formula is C15H18BrN5O. The topological polar surface area (TPSA) is 71.0 Å². The van der Waals surface area contributed by atoms with Crippen LogP contribution in [0.4, 0.5) is 5.82 Å². The number of hydrazine groups is 1. The molecule has 7 heteroatoms. The van der Waals surface area contributed by atoms with E-state index in [1.165, 1.54) is 0 Å². The summed E-state index contributed by atoms with van der Waals surface area (Å²) in [5.74, 6) is 0.626. The highest BCUT2D eigenvalue weighted by Crippen LogP contribution is 2.16. The first-order chi connectivity index (χ1) is 10.6. The molecule has 1 aliphatic rings. The Kier molecular flexibility index (Phi) is 4.56. The van der Waals surface area contributed by atoms with Gasteiger partial charge in [0.05, 0.1) is 17.1 Å². The smallest absolute Gasteiger partial charge is 0.245 e. The first kappa shape index (κ1) is 15.2. The van der Waals surface area contributed by atoms with Crippen molar-refractivity contribution >= 4 is 27.7 Å². The lowest BCUT2D eigenvalue weighted by Crippen LogP contribution is -2.42. The van der Waals surface area contributed by atoms with Crippen molar-refractivity contribution in [3.8, 4) is 0 Å². The van der Waals surface area contributed by atoms with Crippen LogP contribution in [-0.4, -0.2) is 33.1 Å². The van der Waals surface area contributed by atoms with Crippen molar-refractivity contribution in [2.75, 3.05) is 11.9 Å². The van der Waals surface area contributed by atoms with Gasteiger partial charge in [0.15, 0.2) is 0 Å². The predicted molar refractivity (Wildman–Crippen MR) is 88.8 cm³/mol. The molecule has 2 aromatic rings. The van der Waals surface area contributed by atoms with Crippen LogP contribution in [0.25, 0.3) is 0 Å². The minimum atomic E-state index is -0.305. The van der Waals surface area contributed by atoms with E-state index in [1.807, 2.05) is 48.0 Å². The third kappa shape index (κ3) is 3.37. The number of amides is 1. The van der Waals surface area contributed by atoms with Crippen LogP contribution in [0.15, 0.2) is 36.4 Å². The van der Waals surface area contributed by atoms with Gasteiger partial charge in [-0.05, 0) is 12.5 Å². The molecule has 2 atom stereocenters. The van der Waals surface area contributed by atoms with Gasteiger partial charge < -0.3 is 5.32 Å². The van der Waals surface area contributed by atoms with Gasteiger partial charge in [0, 0.05) is 12.6 Å². The Morgan fingerprint density at radius 2 is 2.23 bits per heavy atom. The highest BCUT2D eigenvalue weighted by atomic mass is 79.9. The summed E-state index contributed by atoms with van der Waals surface area (Å²) in [4.78, 5) is 12.4. The van der Waals surface area contributed by atoms with Gasteiger partial charge >= 0.3 is 0 Å². The lowest BCUT2D eigenvalue weighted by molar-refractivity contribution is -0.117. The van der Waals surface area contributed by atoms with E-state index in [9.17, 15) is 4.79 Å². The summed E-state index contributed by atoms with van der Waals surface area (Å²) in [5.41, 5.74) is 7.95. The Labute approximate surface area is 137 Å². The van der Waals surface area contributed by atoms with E-state index in [4.69, 9.17) is 0 Å². The number of alkyl halides is 1. The molecular weight excluding hydrogens is 346 g/mol. The fourth-order valence-corrected chi connectivity index (χ4v) is 2.97. The third-order valence-corrected chi connectivity index (χ3v) is 4.38. The largest absolute Gasteiger partial charge is 0.309 e. The van der Waals surface area contributed by atoms with E-state index in [2.05, 4.69) is 37.2 Å². The molecule has 0 bridgehead atoms. The molecule has 6 nitrogen and oxygen atoms in total. The SMILES string of the molecule is Cc1cc(NC(=O)C2NNCC2Br)n(Cc2ccccc2)n1. The number of carbonyl (C=O) groups is 1. The number of aromatic nitrogens is 2. The van der Waals surface area contributed by atoms with Crippen LogP contribution in [0.2, 0.25) is 0 Å². The normalized spacial score (nSPS) is 21.0. The number of nitrogens with zero attached hydrogens (tertiary/aromatic N) is 2. The minimum absolute atomic E-state index is 0.0686. The van der Waals surface area contributed by atoms with Crippen molar-refractivity contribution in [3.05, 3.63) is 47.7 Å². The average Bonchev–Trinajstić information content (AvgIpc) is 3.06. The second-order valence-corrected chi connectivity index (χ2v) is 6.50. The van der Waals surface area contributed by atoms with Gasteiger partial charge in [-0.15, -0.1) is 0 Å². The van der Waals surface area contributed by atoms with Crippen LogP contribution >= 0.6 is 15.9 Å². The molecule has 0 spiro atoms. The van der Waals surface area contributed by atoms with Crippen LogP contribution in [-0.2, 0) is 11.3 Å². The van der Waals surface area contributed by atoms with Gasteiger partial charge in [-0.3, -0.25) is 10.2 Å². The lowest BCUT2D eigenvalue weighted by atomic mass is 10.2. The quantitative estimate of drug-likeness (QED) is 0.718. The highest BCUT2D eigenvalue weighted by molar-refractivity contribution is 9.09. The van der Waals surface area contributed by atoms with Crippen LogP contribution in [0, 0.1) is 6.92 Å². The van der Waals surface area contributed by atoms with E-state index in [1.54, 1.807) is 0 Å². The summed E-state index contributed by atoms with van der Waals surface area (Å²) >= 11 is 3.49. The number of rotatable bonds is 4. The van der Waals surface area contributed by atoms with Crippen molar-refractivity contribution in [2.24, 2.45) is 0 Å². The fraction of sp³-hybridized carbons (Fsp3) is 0.333. The van der Waals surface area contributed by atoms with Crippen molar-refractivity contribution in [1.29, 1.82) is 0 Å². The van der Waals surface area contributed by atoms with Crippen molar-refractivity contribution < 1.29 is 4.79 Å². The average molecular weight is 364 g/mol. The number of hydrogen-bond acceptors (Lipinski definition) is 4. The lowest BCUT2D eigenvalue weighted by Gasteiger charge is -2.14. The van der Waals surface area contributed by atoms with E-state index >= 15 is 0 Å². The Morgan fingerprint density at radius 3 is 2.91 bits per heavy atom. The standard InChI is InChI=1S/C15H18BrN5O/c1-10-7-13(18-15(22)14-12(16)8-17-19-14)21(20-10)9-11-5-3-2-4-6-11/h2-7,12,14,17,19H,8-9H2,1H3,(H,18,22). The zero-order chi connectivity index (χ0) is 15.5. The van der Waals surface area contributed by atoms with Crippen LogP contribution in [0.3, 0.4) is 0 Å². The molecule has 1 aromatic carbocycles. The van der Waals surface area contributed by atoms with Gasteiger partial charge in [-0.1, -0.05) is 46.3 Å². The molecule has 1 aromatic heterocycles. The number of carbonyl (C=O) groups excluding carboxylic acids is 1. The summed E-state index contributed by atoms with van der Waals surface area (Å²) in [6, 6.07) is 11.6. The number of hydrogen-bond donors (Lipinski definition) is 3. The second kappa shape index (κ2) is 6.60. The second-order valence-electron chi connectivity index (χ2n) is 5.32. The molecule has 116 valence electrons. The van der Waals surface area contributed by atoms with Crippen LogP contribution in [0.5, 0.6) is 0 Å². The molecule has 0 saturated carbocycles. The van der Waals surface area contributed by atoms with Crippen LogP contribution < -0.4 is 16.2 Å². The Hall–Kier alpha value is -1.70. The van der Waals surface area contributed by atoms with Crippen LogP contribution in [0.1, 0.15) is 11.3 Å². The zero-order valence-electron chi connectivity index (χ0n) is 12.2. The van der Waals surface area contributed by atoms with E-state index in [0.717, 1.165) is 11.3 Å².